The molecule has 0 N–H and O–H groups in total. The van der Waals surface area contributed by atoms with E-state index in [-0.39, 0.29) is 23.1 Å². The van der Waals surface area contributed by atoms with E-state index in [0.29, 0.717) is 5.65 Å². The molecule has 2 rings (SSSR count). The molecule has 0 spiro atoms. The quantitative estimate of drug-likeness (QED) is 0.798. The largest absolute Gasteiger partial charge is 0.339 e. The zero-order chi connectivity index (χ0) is 13.3. The van der Waals surface area contributed by atoms with Crippen molar-refractivity contribution in [1.82, 2.24) is 14.3 Å². The number of hydrogen-bond acceptors (Lipinski definition) is 3. The average molecular weight is 245 g/mol. The van der Waals surface area contributed by atoms with Crippen molar-refractivity contribution in [2.45, 2.75) is 19.9 Å². The van der Waals surface area contributed by atoms with Gasteiger partial charge >= 0.3 is 0 Å². The molecule has 0 aliphatic rings. The number of rotatable bonds is 2. The first-order valence-electron chi connectivity index (χ1n) is 5.76. The maximum absolute atomic E-state index is 12.2. The first kappa shape index (κ1) is 12.3. The van der Waals surface area contributed by atoms with Crippen LogP contribution in [-0.2, 0) is 0 Å². The third-order valence-electron chi connectivity index (χ3n) is 2.94. The van der Waals surface area contributed by atoms with Gasteiger partial charge in [-0.05, 0) is 26.0 Å². The van der Waals surface area contributed by atoms with Crippen LogP contribution in [0.2, 0.25) is 0 Å². The van der Waals surface area contributed by atoms with Gasteiger partial charge in [0.05, 0.1) is 0 Å². The summed E-state index contributed by atoms with van der Waals surface area (Å²) < 4.78 is 1.38. The predicted molar refractivity (Wildman–Crippen MR) is 68.7 cm³/mol. The molecule has 2 heterocycles. The van der Waals surface area contributed by atoms with E-state index in [4.69, 9.17) is 0 Å². The molecule has 0 saturated carbocycles. The van der Waals surface area contributed by atoms with Crippen molar-refractivity contribution >= 4 is 11.6 Å². The van der Waals surface area contributed by atoms with Crippen LogP contribution in [0.25, 0.3) is 5.65 Å². The van der Waals surface area contributed by atoms with Crippen molar-refractivity contribution in [2.75, 3.05) is 7.05 Å². The first-order valence-corrected chi connectivity index (χ1v) is 5.76. The molecule has 1 amide bonds. The molecule has 0 unspecified atom stereocenters. The number of nitrogens with zero attached hydrogens (tertiary/aromatic N) is 3. The summed E-state index contributed by atoms with van der Waals surface area (Å²) in [6, 6.07) is 5.29. The van der Waals surface area contributed by atoms with E-state index >= 15 is 0 Å². The van der Waals surface area contributed by atoms with Crippen LogP contribution >= 0.6 is 0 Å². The molecule has 2 aromatic rings. The van der Waals surface area contributed by atoms with Crippen molar-refractivity contribution in [3.8, 4) is 0 Å². The number of fused-ring (bicyclic) bond motifs is 1. The average Bonchev–Trinajstić information content (AvgIpc) is 2.37. The lowest BCUT2D eigenvalue weighted by Crippen LogP contribution is -2.37. The maximum atomic E-state index is 12.2. The van der Waals surface area contributed by atoms with Crippen LogP contribution in [0.1, 0.15) is 24.2 Å². The first-order chi connectivity index (χ1) is 8.52. The molecule has 0 radical (unpaired) electrons. The number of carbonyl (C=O) groups excluding carboxylic acids is 1. The molecule has 0 saturated heterocycles. The monoisotopic (exact) mass is 245 g/mol. The Bertz CT molecular complexity index is 646. The molecule has 0 atom stereocenters. The summed E-state index contributed by atoms with van der Waals surface area (Å²) in [4.78, 5) is 29.9. The number of aromatic nitrogens is 2. The number of amides is 1. The molecule has 18 heavy (non-hydrogen) atoms. The molecular weight excluding hydrogens is 230 g/mol. The van der Waals surface area contributed by atoms with Gasteiger partial charge in [-0.25, -0.2) is 4.98 Å². The fourth-order valence-electron chi connectivity index (χ4n) is 1.60. The summed E-state index contributed by atoms with van der Waals surface area (Å²) in [5.74, 6) is -0.305. The lowest BCUT2D eigenvalue weighted by Gasteiger charge is -2.20. The van der Waals surface area contributed by atoms with Crippen molar-refractivity contribution in [2.24, 2.45) is 0 Å². The van der Waals surface area contributed by atoms with Crippen LogP contribution in [0.3, 0.4) is 0 Å². The third kappa shape index (κ3) is 1.99. The third-order valence-corrected chi connectivity index (χ3v) is 2.94. The Labute approximate surface area is 105 Å². The highest BCUT2D eigenvalue weighted by Gasteiger charge is 2.18. The van der Waals surface area contributed by atoms with E-state index in [1.165, 1.54) is 15.5 Å². The topological polar surface area (TPSA) is 54.7 Å². The zero-order valence-electron chi connectivity index (χ0n) is 10.6. The fraction of sp³-hybridized carbons (Fsp3) is 0.308. The molecule has 94 valence electrons. The Balaban J connectivity index is 2.56. The molecule has 0 fully saturated rings. The lowest BCUT2D eigenvalue weighted by atomic mass is 10.2. The standard InChI is InChI=1S/C13H15N3O2/c1-9(2)15(3)12(17)10-8-14-11-6-4-5-7-16(11)13(10)18/h4-9H,1-3H3. The summed E-state index contributed by atoms with van der Waals surface area (Å²) >= 11 is 0. The highest BCUT2D eigenvalue weighted by molar-refractivity contribution is 5.93. The SMILES string of the molecule is CC(C)N(C)C(=O)c1cnc2ccccn2c1=O. The zero-order valence-corrected chi connectivity index (χ0v) is 10.6. The summed E-state index contributed by atoms with van der Waals surface area (Å²) in [6.45, 7) is 3.79. The lowest BCUT2D eigenvalue weighted by molar-refractivity contribution is 0.0752. The second kappa shape index (κ2) is 4.60. The van der Waals surface area contributed by atoms with Gasteiger partial charge in [-0.3, -0.25) is 14.0 Å². The Morgan fingerprint density at radius 2 is 2.11 bits per heavy atom. The van der Waals surface area contributed by atoms with Gasteiger partial charge in [-0.1, -0.05) is 6.07 Å². The summed E-state index contributed by atoms with van der Waals surface area (Å²) in [5, 5.41) is 0. The van der Waals surface area contributed by atoms with E-state index < -0.39 is 0 Å². The van der Waals surface area contributed by atoms with E-state index in [9.17, 15) is 9.59 Å². The Morgan fingerprint density at radius 1 is 1.39 bits per heavy atom. The minimum Gasteiger partial charge on any atom is -0.339 e. The molecule has 5 nitrogen and oxygen atoms in total. The Morgan fingerprint density at radius 3 is 2.78 bits per heavy atom. The van der Waals surface area contributed by atoms with Crippen LogP contribution in [-0.4, -0.2) is 33.3 Å². The number of carbonyl (C=O) groups is 1. The number of pyridine rings is 1. The van der Waals surface area contributed by atoms with Crippen LogP contribution in [0.15, 0.2) is 35.4 Å². The minimum atomic E-state index is -0.335. The maximum Gasteiger partial charge on any atom is 0.270 e. The van der Waals surface area contributed by atoms with E-state index in [2.05, 4.69) is 4.98 Å². The Hall–Kier alpha value is -2.17. The molecule has 5 heteroatoms. The van der Waals surface area contributed by atoms with Gasteiger partial charge < -0.3 is 4.90 Å². The fourth-order valence-corrected chi connectivity index (χ4v) is 1.60. The molecular formula is C13H15N3O2. The van der Waals surface area contributed by atoms with Crippen LogP contribution in [0, 0.1) is 0 Å². The van der Waals surface area contributed by atoms with Gasteiger partial charge in [0.25, 0.3) is 11.5 Å². The minimum absolute atomic E-state index is 0.0355. The van der Waals surface area contributed by atoms with Gasteiger partial charge in [0.15, 0.2) is 0 Å². The van der Waals surface area contributed by atoms with E-state index in [0.717, 1.165) is 0 Å². The normalized spacial score (nSPS) is 10.9. The summed E-state index contributed by atoms with van der Waals surface area (Å²) in [5.41, 5.74) is 0.291. The van der Waals surface area contributed by atoms with Crippen molar-refractivity contribution in [3.63, 3.8) is 0 Å². The molecule has 2 aromatic heterocycles. The smallest absolute Gasteiger partial charge is 0.270 e. The van der Waals surface area contributed by atoms with Gasteiger partial charge in [-0.2, -0.15) is 0 Å². The highest BCUT2D eigenvalue weighted by Crippen LogP contribution is 2.03. The van der Waals surface area contributed by atoms with Gasteiger partial charge in [-0.15, -0.1) is 0 Å². The second-order valence-electron chi connectivity index (χ2n) is 4.42. The Kier molecular flexibility index (Phi) is 3.14. The van der Waals surface area contributed by atoms with Crippen molar-refractivity contribution in [3.05, 3.63) is 46.5 Å². The van der Waals surface area contributed by atoms with Gasteiger partial charge in [0.1, 0.15) is 11.2 Å². The van der Waals surface area contributed by atoms with E-state index in [1.807, 2.05) is 13.8 Å². The predicted octanol–water partition coefficient (Wildman–Crippen LogP) is 1.17. The molecule has 0 aliphatic heterocycles. The van der Waals surface area contributed by atoms with Crippen LogP contribution < -0.4 is 5.56 Å². The highest BCUT2D eigenvalue weighted by atomic mass is 16.2. The molecule has 0 aromatic carbocycles. The van der Waals surface area contributed by atoms with E-state index in [1.54, 1.807) is 31.4 Å². The van der Waals surface area contributed by atoms with Crippen molar-refractivity contribution in [1.29, 1.82) is 0 Å². The summed E-state index contributed by atoms with van der Waals surface area (Å²) in [6.07, 6.45) is 2.95. The number of hydrogen-bond donors (Lipinski definition) is 0. The van der Waals surface area contributed by atoms with Gasteiger partial charge in [0, 0.05) is 25.5 Å². The van der Waals surface area contributed by atoms with Crippen LogP contribution in [0.4, 0.5) is 0 Å². The summed E-state index contributed by atoms with van der Waals surface area (Å²) in [7, 11) is 1.67. The molecule has 0 aliphatic carbocycles. The van der Waals surface area contributed by atoms with Crippen LogP contribution in [0.5, 0.6) is 0 Å². The second-order valence-corrected chi connectivity index (χ2v) is 4.42. The van der Waals surface area contributed by atoms with Gasteiger partial charge in [0.2, 0.25) is 0 Å². The molecule has 0 bridgehead atoms. The van der Waals surface area contributed by atoms with Crippen molar-refractivity contribution < 1.29 is 4.79 Å².